The highest BCUT2D eigenvalue weighted by Crippen LogP contribution is 2.54. The van der Waals surface area contributed by atoms with Crippen molar-refractivity contribution in [3.63, 3.8) is 0 Å². The Balaban J connectivity index is 1.48. The number of methoxy groups -OCH3 is 1. The molecule has 0 unspecified atom stereocenters. The number of hydrogen-bond donors (Lipinski definition) is 1. The zero-order valence-corrected chi connectivity index (χ0v) is 15.8. The first-order valence-electron chi connectivity index (χ1n) is 8.72. The molecule has 0 atom stereocenters. The van der Waals surface area contributed by atoms with Crippen molar-refractivity contribution in [3.05, 3.63) is 36.4 Å². The van der Waals surface area contributed by atoms with Gasteiger partial charge in [0.2, 0.25) is 5.88 Å². The molecule has 1 fully saturated rings. The number of nitrogens with one attached hydrogen (secondary N) is 1. The smallest absolute Gasteiger partial charge is 0.213 e. The molecule has 3 aromatic rings. The Labute approximate surface area is 156 Å². The van der Waals surface area contributed by atoms with E-state index < -0.39 is 9.84 Å². The maximum atomic E-state index is 12.6. The average Bonchev–Trinajstić information content (AvgIpc) is 3.20. The molecular formula is C18H19N5O3S. The minimum absolute atomic E-state index is 0.137. The molecule has 0 aromatic carbocycles. The number of hydrogen-bond acceptors (Lipinski definition) is 7. The van der Waals surface area contributed by atoms with E-state index in [1.165, 1.54) is 6.20 Å². The van der Waals surface area contributed by atoms with Gasteiger partial charge in [-0.05, 0) is 24.5 Å². The molecule has 1 saturated carbocycles. The summed E-state index contributed by atoms with van der Waals surface area (Å²) in [5.74, 6) is 1.44. The highest BCUT2D eigenvalue weighted by atomic mass is 32.2. The van der Waals surface area contributed by atoms with Crippen molar-refractivity contribution in [1.82, 2.24) is 19.9 Å². The van der Waals surface area contributed by atoms with E-state index in [1.54, 1.807) is 19.5 Å². The van der Waals surface area contributed by atoms with Crippen molar-refractivity contribution in [2.45, 2.75) is 29.2 Å². The van der Waals surface area contributed by atoms with Gasteiger partial charge in [-0.2, -0.15) is 0 Å². The number of aromatic nitrogens is 4. The molecule has 1 spiro atoms. The Morgan fingerprint density at radius 1 is 1.30 bits per heavy atom. The van der Waals surface area contributed by atoms with Crippen LogP contribution in [0.4, 0.5) is 5.82 Å². The van der Waals surface area contributed by atoms with Gasteiger partial charge >= 0.3 is 0 Å². The number of aromatic amines is 1. The topological polar surface area (TPSA) is 101 Å². The molecule has 5 rings (SSSR count). The number of sulfone groups is 1. The first kappa shape index (κ1) is 16.5. The zero-order chi connectivity index (χ0) is 18.8. The molecule has 8 nitrogen and oxygen atoms in total. The van der Waals surface area contributed by atoms with Crippen molar-refractivity contribution in [2.75, 3.05) is 24.8 Å². The zero-order valence-electron chi connectivity index (χ0n) is 15.0. The SMILES string of the molecule is COc1cc2c(cn1)S(=O)(=O)CC21CC(N(C)c2ncnc3[nH]ccc23)C1. The number of H-pyrrole nitrogens is 1. The van der Waals surface area contributed by atoms with Crippen LogP contribution in [0, 0.1) is 0 Å². The van der Waals surface area contributed by atoms with Gasteiger partial charge in [-0.15, -0.1) is 0 Å². The molecule has 0 amide bonds. The van der Waals surface area contributed by atoms with E-state index in [1.807, 2.05) is 19.3 Å². The molecule has 9 heteroatoms. The van der Waals surface area contributed by atoms with Crippen molar-refractivity contribution in [2.24, 2.45) is 0 Å². The molecule has 3 aromatic heterocycles. The lowest BCUT2D eigenvalue weighted by Gasteiger charge is -2.49. The fourth-order valence-corrected chi connectivity index (χ4v) is 6.58. The van der Waals surface area contributed by atoms with Crippen molar-refractivity contribution < 1.29 is 13.2 Å². The molecule has 4 heterocycles. The lowest BCUT2D eigenvalue weighted by molar-refractivity contribution is 0.225. The molecule has 0 saturated heterocycles. The van der Waals surface area contributed by atoms with E-state index in [2.05, 4.69) is 24.8 Å². The van der Waals surface area contributed by atoms with Crippen molar-refractivity contribution in [3.8, 4) is 5.88 Å². The van der Waals surface area contributed by atoms with E-state index in [9.17, 15) is 8.42 Å². The number of fused-ring (bicyclic) bond motifs is 3. The molecule has 2 aliphatic rings. The lowest BCUT2D eigenvalue weighted by Crippen LogP contribution is -2.53. The van der Waals surface area contributed by atoms with Gasteiger partial charge in [-0.3, -0.25) is 0 Å². The quantitative estimate of drug-likeness (QED) is 0.732. The van der Waals surface area contributed by atoms with Gasteiger partial charge in [0.05, 0.1) is 23.1 Å². The lowest BCUT2D eigenvalue weighted by atomic mass is 9.62. The third-order valence-electron chi connectivity index (χ3n) is 5.89. The van der Waals surface area contributed by atoms with Gasteiger partial charge in [-0.25, -0.2) is 23.4 Å². The summed E-state index contributed by atoms with van der Waals surface area (Å²) in [6, 6.07) is 3.95. The van der Waals surface area contributed by atoms with Crippen LogP contribution in [-0.2, 0) is 15.3 Å². The molecule has 0 bridgehead atoms. The number of rotatable bonds is 3. The highest BCUT2D eigenvalue weighted by Gasteiger charge is 2.56. The van der Waals surface area contributed by atoms with E-state index in [-0.39, 0.29) is 17.2 Å². The number of anilines is 1. The van der Waals surface area contributed by atoms with Crippen LogP contribution >= 0.6 is 0 Å². The Morgan fingerprint density at radius 3 is 2.89 bits per heavy atom. The first-order chi connectivity index (χ1) is 12.9. The highest BCUT2D eigenvalue weighted by molar-refractivity contribution is 7.91. The minimum Gasteiger partial charge on any atom is -0.481 e. The van der Waals surface area contributed by atoms with E-state index >= 15 is 0 Å². The first-order valence-corrected chi connectivity index (χ1v) is 10.4. The Bertz CT molecular complexity index is 1150. The molecule has 1 N–H and O–H groups in total. The largest absolute Gasteiger partial charge is 0.481 e. The predicted molar refractivity (Wildman–Crippen MR) is 99.8 cm³/mol. The van der Waals surface area contributed by atoms with Crippen LogP contribution in [0.1, 0.15) is 18.4 Å². The molecule has 0 radical (unpaired) electrons. The summed E-state index contributed by atoms with van der Waals surface area (Å²) < 4.78 is 30.5. The summed E-state index contributed by atoms with van der Waals surface area (Å²) in [5.41, 5.74) is 1.27. The fraction of sp³-hybridized carbons (Fsp3) is 0.389. The van der Waals surface area contributed by atoms with Gasteiger partial charge in [0.25, 0.3) is 0 Å². The summed E-state index contributed by atoms with van der Waals surface area (Å²) in [7, 11) is 0.239. The normalized spacial score (nSPS) is 25.3. The van der Waals surface area contributed by atoms with Gasteiger partial charge < -0.3 is 14.6 Å². The Morgan fingerprint density at radius 2 is 2.11 bits per heavy atom. The van der Waals surface area contributed by atoms with E-state index in [0.29, 0.717) is 10.8 Å². The summed E-state index contributed by atoms with van der Waals surface area (Å²) in [5, 5.41) is 0.964. The second-order valence-corrected chi connectivity index (χ2v) is 9.33. The average molecular weight is 385 g/mol. The second kappa shape index (κ2) is 5.41. The van der Waals surface area contributed by atoms with Crippen molar-refractivity contribution in [1.29, 1.82) is 0 Å². The van der Waals surface area contributed by atoms with Gasteiger partial charge in [0.1, 0.15) is 17.8 Å². The molecular weight excluding hydrogens is 366 g/mol. The van der Waals surface area contributed by atoms with Gasteiger partial charge in [-0.1, -0.05) is 0 Å². The van der Waals surface area contributed by atoms with Crippen LogP contribution in [0.3, 0.4) is 0 Å². The van der Waals surface area contributed by atoms with Gasteiger partial charge in [0, 0.05) is 37.0 Å². The third-order valence-corrected chi connectivity index (χ3v) is 7.82. The maximum Gasteiger partial charge on any atom is 0.213 e. The molecule has 1 aliphatic carbocycles. The molecule has 1 aliphatic heterocycles. The maximum absolute atomic E-state index is 12.6. The van der Waals surface area contributed by atoms with E-state index in [4.69, 9.17) is 4.74 Å². The van der Waals surface area contributed by atoms with Crippen LogP contribution in [0.2, 0.25) is 0 Å². The standard InChI is InChI=1S/C18H19N5O3S/c1-23(17-12-3-4-19-16(12)21-10-22-17)11-6-18(7-11)9-27(24,25)14-8-20-15(26-2)5-13(14)18/h3-5,8,10-11H,6-7,9H2,1-2H3,(H,19,21,22). The molecule has 140 valence electrons. The Kier molecular flexibility index (Phi) is 3.31. The van der Waals surface area contributed by atoms with Crippen LogP contribution in [0.15, 0.2) is 35.7 Å². The fourth-order valence-electron chi connectivity index (χ4n) is 4.48. The predicted octanol–water partition coefficient (Wildman–Crippen LogP) is 1.69. The summed E-state index contributed by atoms with van der Waals surface area (Å²) >= 11 is 0. The second-order valence-electron chi connectivity index (χ2n) is 7.37. The van der Waals surface area contributed by atoms with Gasteiger partial charge in [0.15, 0.2) is 9.84 Å². The van der Waals surface area contributed by atoms with Crippen LogP contribution in [0.5, 0.6) is 5.88 Å². The summed E-state index contributed by atoms with van der Waals surface area (Å²) in [6.45, 7) is 0. The summed E-state index contributed by atoms with van der Waals surface area (Å²) in [6.07, 6.45) is 6.32. The number of pyridine rings is 1. The van der Waals surface area contributed by atoms with Crippen LogP contribution in [-0.4, -0.2) is 54.3 Å². The minimum atomic E-state index is -3.31. The van der Waals surface area contributed by atoms with Crippen molar-refractivity contribution >= 4 is 26.7 Å². The molecule has 27 heavy (non-hydrogen) atoms. The van der Waals surface area contributed by atoms with Crippen LogP contribution < -0.4 is 9.64 Å². The number of nitrogens with zero attached hydrogens (tertiary/aromatic N) is 4. The van der Waals surface area contributed by atoms with E-state index in [0.717, 1.165) is 35.3 Å². The number of ether oxygens (including phenoxy) is 1. The monoisotopic (exact) mass is 385 g/mol. The van der Waals surface area contributed by atoms with Crippen LogP contribution in [0.25, 0.3) is 11.0 Å². The third kappa shape index (κ3) is 2.27. The Hall–Kier alpha value is -2.68. The summed E-state index contributed by atoms with van der Waals surface area (Å²) in [4.78, 5) is 18.3.